The van der Waals surface area contributed by atoms with Crippen LogP contribution in [0.1, 0.15) is 5.69 Å². The van der Waals surface area contributed by atoms with Crippen LogP contribution in [0.25, 0.3) is 11.3 Å². The molecule has 1 heterocycles. The van der Waals surface area contributed by atoms with E-state index in [4.69, 9.17) is 11.6 Å². The van der Waals surface area contributed by atoms with Crippen molar-refractivity contribution >= 4 is 11.6 Å². The fraction of sp³-hybridized carbons (Fsp3) is 0.111. The van der Waals surface area contributed by atoms with E-state index < -0.39 is 0 Å². The molecule has 2 rings (SSSR count). The van der Waals surface area contributed by atoms with Crippen molar-refractivity contribution in [1.82, 2.24) is 5.16 Å². The molecule has 0 aliphatic heterocycles. The van der Waals surface area contributed by atoms with Gasteiger partial charge in [-0.15, -0.1) is 11.6 Å². The quantitative estimate of drug-likeness (QED) is 0.772. The Hall–Kier alpha value is -1.55. The first-order valence-electron chi connectivity index (χ1n) is 4.07. The summed E-state index contributed by atoms with van der Waals surface area (Å²) in [5.74, 6) is 0.112. The summed E-state index contributed by atoms with van der Waals surface area (Å²) >= 11 is 5.63. The molecule has 1 aromatic heterocycles. The van der Waals surface area contributed by atoms with Gasteiger partial charge < -0.3 is 0 Å². The van der Waals surface area contributed by atoms with Gasteiger partial charge >= 0.3 is 0 Å². The molecule has 0 radical (unpaired) electrons. The van der Waals surface area contributed by atoms with Gasteiger partial charge in [0.25, 0.3) is 5.69 Å². The summed E-state index contributed by atoms with van der Waals surface area (Å²) in [7, 11) is 0. The molecule has 0 bridgehead atoms. The van der Waals surface area contributed by atoms with Gasteiger partial charge in [0, 0.05) is 5.56 Å². The number of benzene rings is 1. The minimum absolute atomic E-state index is 0.112. The summed E-state index contributed by atoms with van der Waals surface area (Å²) in [5.41, 5.74) is 1.88. The molecule has 14 heavy (non-hydrogen) atoms. The van der Waals surface area contributed by atoms with Crippen molar-refractivity contribution < 1.29 is 9.23 Å². The van der Waals surface area contributed by atoms with Crippen molar-refractivity contribution in [3.8, 4) is 11.3 Å². The third kappa shape index (κ3) is 1.44. The maximum absolute atomic E-state index is 11.1. The SMILES string of the molecule is O=[n+]1o[nH]c(-c2ccccc2)c1CCl. The van der Waals surface area contributed by atoms with E-state index in [-0.39, 0.29) is 5.88 Å². The van der Waals surface area contributed by atoms with Crippen LogP contribution in [0.15, 0.2) is 35.0 Å². The van der Waals surface area contributed by atoms with Crippen LogP contribution in [0.2, 0.25) is 0 Å². The molecule has 2 aromatic rings. The first-order valence-corrected chi connectivity index (χ1v) is 4.61. The summed E-state index contributed by atoms with van der Waals surface area (Å²) in [6.07, 6.45) is 0. The van der Waals surface area contributed by atoms with Crippen LogP contribution in [-0.4, -0.2) is 5.16 Å². The van der Waals surface area contributed by atoms with Gasteiger partial charge in [-0.1, -0.05) is 40.1 Å². The largest absolute Gasteiger partial charge is 0.264 e. The highest BCUT2D eigenvalue weighted by molar-refractivity contribution is 6.17. The predicted octanol–water partition coefficient (Wildman–Crippen LogP) is 1.93. The van der Waals surface area contributed by atoms with Crippen LogP contribution < -0.4 is 4.60 Å². The standard InChI is InChI=1S/C9H8ClN2O2/c10-6-8-9(11-14-12(8)13)7-4-2-1-3-5-7/h1-5,11H,6H2/q+1. The van der Waals surface area contributed by atoms with Crippen LogP contribution in [0.5, 0.6) is 0 Å². The first-order chi connectivity index (χ1) is 6.83. The highest BCUT2D eigenvalue weighted by atomic mass is 35.5. The van der Waals surface area contributed by atoms with Crippen LogP contribution in [0.3, 0.4) is 0 Å². The first kappa shape index (κ1) is 9.02. The second kappa shape index (κ2) is 3.67. The zero-order valence-electron chi connectivity index (χ0n) is 7.24. The molecule has 72 valence electrons. The van der Waals surface area contributed by atoms with E-state index in [1.807, 2.05) is 30.3 Å². The lowest BCUT2D eigenvalue weighted by Crippen LogP contribution is -2.14. The Morgan fingerprint density at radius 3 is 2.71 bits per heavy atom. The average molecular weight is 212 g/mol. The zero-order valence-corrected chi connectivity index (χ0v) is 7.99. The molecule has 0 fully saturated rings. The second-order valence-electron chi connectivity index (χ2n) is 2.77. The fourth-order valence-electron chi connectivity index (χ4n) is 1.24. The molecule has 0 aliphatic carbocycles. The van der Waals surface area contributed by atoms with Crippen molar-refractivity contribution in [2.24, 2.45) is 0 Å². The van der Waals surface area contributed by atoms with Gasteiger partial charge in [0.15, 0.2) is 4.60 Å². The number of nitrogens with zero attached hydrogens (tertiary/aromatic N) is 1. The minimum atomic E-state index is 0.112. The van der Waals surface area contributed by atoms with E-state index in [1.165, 1.54) is 0 Å². The summed E-state index contributed by atoms with van der Waals surface area (Å²) in [5, 5.41) is 2.53. The minimum Gasteiger partial charge on any atom is -0.117 e. The van der Waals surface area contributed by atoms with Gasteiger partial charge in [0.05, 0.1) is 5.88 Å². The van der Waals surface area contributed by atoms with Crippen molar-refractivity contribution in [1.29, 1.82) is 0 Å². The van der Waals surface area contributed by atoms with Gasteiger partial charge in [-0.2, -0.15) is 0 Å². The molecule has 0 atom stereocenters. The number of aromatic amines is 1. The summed E-state index contributed by atoms with van der Waals surface area (Å²) in [6.45, 7) is 0. The summed E-state index contributed by atoms with van der Waals surface area (Å²) < 4.78 is 4.98. The molecular weight excluding hydrogens is 204 g/mol. The predicted molar refractivity (Wildman–Crippen MR) is 51.4 cm³/mol. The molecule has 1 aromatic carbocycles. The van der Waals surface area contributed by atoms with Crippen molar-refractivity contribution in [2.75, 3.05) is 0 Å². The maximum Gasteiger partial charge on any atom is 0.264 e. The molecule has 1 N–H and O–H groups in total. The van der Waals surface area contributed by atoms with E-state index in [0.717, 1.165) is 5.56 Å². The third-order valence-corrected chi connectivity index (χ3v) is 2.18. The molecular formula is C9H8ClN2O2+. The molecule has 0 saturated carbocycles. The lowest BCUT2D eigenvalue weighted by atomic mass is 10.1. The van der Waals surface area contributed by atoms with Gasteiger partial charge in [-0.05, 0) is 4.91 Å². The molecule has 0 aliphatic rings. The number of alkyl halides is 1. The van der Waals surface area contributed by atoms with E-state index in [1.54, 1.807) is 0 Å². The van der Waals surface area contributed by atoms with Gasteiger partial charge in [0.2, 0.25) is 5.69 Å². The van der Waals surface area contributed by atoms with Crippen molar-refractivity contribution in [3.63, 3.8) is 0 Å². The number of rotatable bonds is 2. The molecule has 0 unspecified atom stereocenters. The number of hydrogen-bond acceptors (Lipinski definition) is 2. The third-order valence-electron chi connectivity index (χ3n) is 1.93. The maximum atomic E-state index is 11.1. The van der Waals surface area contributed by atoms with E-state index in [0.29, 0.717) is 16.0 Å². The van der Waals surface area contributed by atoms with Crippen molar-refractivity contribution in [2.45, 2.75) is 5.88 Å². The summed E-state index contributed by atoms with van der Waals surface area (Å²) in [4.78, 5) is 11.1. The van der Waals surface area contributed by atoms with Crippen LogP contribution in [0, 0.1) is 4.91 Å². The number of H-pyrrole nitrogens is 1. The number of nitrogens with one attached hydrogen (secondary N) is 1. The topological polar surface area (TPSA) is 51.9 Å². The zero-order chi connectivity index (χ0) is 9.97. The van der Waals surface area contributed by atoms with Crippen LogP contribution >= 0.6 is 11.6 Å². The second-order valence-corrected chi connectivity index (χ2v) is 3.04. The Labute approximate surface area is 84.6 Å². The Kier molecular flexibility index (Phi) is 2.37. The molecule has 4 nitrogen and oxygen atoms in total. The Morgan fingerprint density at radius 2 is 2.07 bits per heavy atom. The number of aromatic nitrogens is 2. The van der Waals surface area contributed by atoms with Gasteiger partial charge in [-0.3, -0.25) is 0 Å². The Bertz CT molecular complexity index is 475. The summed E-state index contributed by atoms with van der Waals surface area (Å²) in [6, 6.07) is 9.40. The molecule has 0 amide bonds. The Morgan fingerprint density at radius 1 is 1.36 bits per heavy atom. The lowest BCUT2D eigenvalue weighted by molar-refractivity contribution is -0.718. The molecule has 0 saturated heterocycles. The van der Waals surface area contributed by atoms with E-state index >= 15 is 0 Å². The molecule has 0 spiro atoms. The van der Waals surface area contributed by atoms with Crippen molar-refractivity contribution in [3.05, 3.63) is 40.9 Å². The van der Waals surface area contributed by atoms with E-state index in [9.17, 15) is 4.91 Å². The number of halogens is 1. The normalized spacial score (nSPS) is 10.4. The lowest BCUT2D eigenvalue weighted by Gasteiger charge is -1.90. The highest BCUT2D eigenvalue weighted by Gasteiger charge is 2.19. The molecule has 5 heteroatoms. The van der Waals surface area contributed by atoms with E-state index in [2.05, 4.69) is 9.79 Å². The Balaban J connectivity index is 2.57. The van der Waals surface area contributed by atoms with Crippen LogP contribution in [-0.2, 0) is 5.88 Å². The monoisotopic (exact) mass is 211 g/mol. The average Bonchev–Trinajstić information content (AvgIpc) is 2.61. The number of hydrogen-bond donors (Lipinski definition) is 1. The van der Waals surface area contributed by atoms with Gasteiger partial charge in [0.1, 0.15) is 0 Å². The van der Waals surface area contributed by atoms with Crippen LogP contribution in [0.4, 0.5) is 0 Å². The highest BCUT2D eigenvalue weighted by Crippen LogP contribution is 2.19. The van der Waals surface area contributed by atoms with Gasteiger partial charge in [-0.25, -0.2) is 0 Å². The smallest absolute Gasteiger partial charge is 0.117 e. The fourth-order valence-corrected chi connectivity index (χ4v) is 1.47.